The lowest BCUT2D eigenvalue weighted by Gasteiger charge is -2.41. The zero-order valence-electron chi connectivity index (χ0n) is 9.78. The molecule has 0 aromatic heterocycles. The lowest BCUT2D eigenvalue weighted by Crippen LogP contribution is -3.19. The Morgan fingerprint density at radius 2 is 1.93 bits per heavy atom. The summed E-state index contributed by atoms with van der Waals surface area (Å²) in [6, 6.07) is 0. The molecule has 1 fully saturated rings. The third kappa shape index (κ3) is 4.66. The van der Waals surface area contributed by atoms with E-state index in [9.17, 15) is 0 Å². The number of hydrogen-bond acceptors (Lipinski definition) is 1. The summed E-state index contributed by atoms with van der Waals surface area (Å²) in [5.41, 5.74) is 0.594. The van der Waals surface area contributed by atoms with Crippen LogP contribution in [-0.4, -0.2) is 30.7 Å². The maximum atomic E-state index is 6.13. The standard InChI is InChI=1S/C10H21ClN2.2ClH/c1-4-10(5-2)8-13(9(3)11)7-6-12-10;;/h9,12H,4-8H2,1-3H3;2*1H. The van der Waals surface area contributed by atoms with Crippen molar-refractivity contribution in [2.75, 3.05) is 19.6 Å². The molecule has 0 aromatic carbocycles. The Balaban J connectivity index is 0. The highest BCUT2D eigenvalue weighted by atomic mass is 35.5. The molecule has 15 heavy (non-hydrogen) atoms. The molecule has 0 radical (unpaired) electrons. The first kappa shape index (κ1) is 18.2. The van der Waals surface area contributed by atoms with Gasteiger partial charge in [-0.15, -0.1) is 12.4 Å². The Labute approximate surface area is 111 Å². The fourth-order valence-electron chi connectivity index (χ4n) is 2.16. The third-order valence-corrected chi connectivity index (χ3v) is 3.74. The van der Waals surface area contributed by atoms with Crippen molar-refractivity contribution < 1.29 is 17.3 Å². The van der Waals surface area contributed by atoms with Crippen molar-refractivity contribution in [3.8, 4) is 0 Å². The second kappa shape index (κ2) is 7.97. The van der Waals surface area contributed by atoms with Gasteiger partial charge in [-0.3, -0.25) is 0 Å². The van der Waals surface area contributed by atoms with Crippen molar-refractivity contribution in [1.82, 2.24) is 5.32 Å². The Morgan fingerprint density at radius 1 is 1.40 bits per heavy atom. The second-order valence-corrected chi connectivity index (χ2v) is 4.77. The van der Waals surface area contributed by atoms with Crippen LogP contribution in [0.1, 0.15) is 33.6 Å². The average molecular weight is 278 g/mol. The highest BCUT2D eigenvalue weighted by Gasteiger charge is 2.35. The molecule has 94 valence electrons. The Morgan fingerprint density at radius 3 is 2.33 bits per heavy atom. The number of alkyl halides is 1. The number of quaternary nitrogens is 1. The van der Waals surface area contributed by atoms with Gasteiger partial charge in [-0.2, -0.15) is 0 Å². The Kier molecular flexibility index (Phi) is 9.65. The van der Waals surface area contributed by atoms with Crippen molar-refractivity contribution in [2.24, 2.45) is 0 Å². The fraction of sp³-hybridized carbons (Fsp3) is 1.00. The van der Waals surface area contributed by atoms with Crippen molar-refractivity contribution in [2.45, 2.75) is 44.7 Å². The fourth-order valence-corrected chi connectivity index (χ4v) is 2.35. The predicted molar refractivity (Wildman–Crippen MR) is 64.6 cm³/mol. The maximum Gasteiger partial charge on any atom is 0.160 e. The topological polar surface area (TPSA) is 16.5 Å². The van der Waals surface area contributed by atoms with Crippen molar-refractivity contribution in [3.63, 3.8) is 0 Å². The molecule has 1 saturated heterocycles. The number of halogens is 3. The van der Waals surface area contributed by atoms with Crippen molar-refractivity contribution >= 4 is 24.0 Å². The van der Waals surface area contributed by atoms with E-state index in [4.69, 9.17) is 11.6 Å². The molecule has 0 bridgehead atoms. The van der Waals surface area contributed by atoms with Crippen LogP contribution in [0.3, 0.4) is 0 Å². The van der Waals surface area contributed by atoms with Gasteiger partial charge in [0.15, 0.2) is 5.50 Å². The van der Waals surface area contributed by atoms with Gasteiger partial charge in [-0.05, 0) is 12.8 Å². The van der Waals surface area contributed by atoms with E-state index in [1.165, 1.54) is 24.3 Å². The van der Waals surface area contributed by atoms with E-state index < -0.39 is 0 Å². The normalized spacial score (nSPS) is 26.0. The van der Waals surface area contributed by atoms with E-state index in [1.807, 2.05) is 0 Å². The molecule has 2 nitrogen and oxygen atoms in total. The van der Waals surface area contributed by atoms with Gasteiger partial charge in [-0.1, -0.05) is 25.4 Å². The Hall–Kier alpha value is 0.790. The Bertz CT molecular complexity index is 161. The lowest BCUT2D eigenvalue weighted by atomic mass is 9.90. The van der Waals surface area contributed by atoms with Crippen LogP contribution < -0.4 is 22.6 Å². The van der Waals surface area contributed by atoms with E-state index in [2.05, 4.69) is 26.1 Å². The van der Waals surface area contributed by atoms with Crippen LogP contribution in [0.25, 0.3) is 0 Å². The van der Waals surface area contributed by atoms with E-state index in [-0.39, 0.29) is 30.3 Å². The predicted octanol–water partition coefficient (Wildman–Crippen LogP) is -1.96. The van der Waals surface area contributed by atoms with Gasteiger partial charge in [-0.25, -0.2) is 0 Å². The number of rotatable bonds is 3. The molecule has 0 amide bonds. The van der Waals surface area contributed by atoms with Crippen LogP contribution in [-0.2, 0) is 0 Å². The zero-order chi connectivity index (χ0) is 9.90. The number of hydrogen-bond donors (Lipinski definition) is 2. The van der Waals surface area contributed by atoms with Crippen molar-refractivity contribution in [3.05, 3.63) is 0 Å². The SMILES string of the molecule is CCC1(CC)C[NH+](C(C)Cl)CCN1.Cl.[Cl-]. The molecule has 1 heterocycles. The van der Waals surface area contributed by atoms with Gasteiger partial charge in [0.1, 0.15) is 0 Å². The summed E-state index contributed by atoms with van der Waals surface area (Å²) < 4.78 is 0. The molecule has 0 spiro atoms. The molecule has 0 saturated carbocycles. The molecule has 1 aliphatic heterocycles. The monoisotopic (exact) mass is 276 g/mol. The second-order valence-electron chi connectivity index (χ2n) is 4.12. The molecule has 1 aliphatic rings. The highest BCUT2D eigenvalue weighted by molar-refractivity contribution is 6.19. The molecular formula is C10H23Cl3N2. The van der Waals surface area contributed by atoms with Gasteiger partial charge < -0.3 is 22.6 Å². The van der Waals surface area contributed by atoms with E-state index in [1.54, 1.807) is 0 Å². The van der Waals surface area contributed by atoms with E-state index >= 15 is 0 Å². The zero-order valence-corrected chi connectivity index (χ0v) is 12.1. The minimum Gasteiger partial charge on any atom is -1.00 e. The summed E-state index contributed by atoms with van der Waals surface area (Å²) in [5.74, 6) is 0. The van der Waals surface area contributed by atoms with Crippen LogP contribution in [0.5, 0.6) is 0 Å². The van der Waals surface area contributed by atoms with Crippen LogP contribution >= 0.6 is 24.0 Å². The summed E-state index contributed by atoms with van der Waals surface area (Å²) in [6.07, 6.45) is 2.41. The maximum absolute atomic E-state index is 6.13. The van der Waals surface area contributed by atoms with Crippen molar-refractivity contribution in [1.29, 1.82) is 0 Å². The van der Waals surface area contributed by atoms with Gasteiger partial charge in [0.2, 0.25) is 0 Å². The molecule has 2 atom stereocenters. The van der Waals surface area contributed by atoms with Gasteiger partial charge in [0.05, 0.1) is 18.6 Å². The van der Waals surface area contributed by atoms with Gasteiger partial charge >= 0.3 is 0 Å². The first-order chi connectivity index (χ1) is 6.13. The minimum atomic E-state index is 0. The quantitative estimate of drug-likeness (QED) is 0.453. The molecule has 0 aromatic rings. The van der Waals surface area contributed by atoms with Crippen LogP contribution in [0, 0.1) is 0 Å². The third-order valence-electron chi connectivity index (χ3n) is 3.43. The average Bonchev–Trinajstić information content (AvgIpc) is 2.18. The molecular weight excluding hydrogens is 254 g/mol. The smallest absolute Gasteiger partial charge is 0.160 e. The summed E-state index contributed by atoms with van der Waals surface area (Å²) in [4.78, 5) is 1.53. The summed E-state index contributed by atoms with van der Waals surface area (Å²) >= 11 is 6.13. The van der Waals surface area contributed by atoms with E-state index in [0.717, 1.165) is 13.1 Å². The lowest BCUT2D eigenvalue weighted by molar-refractivity contribution is -0.918. The molecule has 5 heteroatoms. The molecule has 0 aliphatic carbocycles. The van der Waals surface area contributed by atoms with Crippen LogP contribution in [0.4, 0.5) is 0 Å². The largest absolute Gasteiger partial charge is 1.00 e. The number of piperazine rings is 1. The summed E-state index contributed by atoms with van der Waals surface area (Å²) in [6.45, 7) is 10.1. The van der Waals surface area contributed by atoms with E-state index in [0.29, 0.717) is 5.54 Å². The molecule has 1 rings (SSSR count). The van der Waals surface area contributed by atoms with Crippen LogP contribution in [0.15, 0.2) is 0 Å². The van der Waals surface area contributed by atoms with Gasteiger partial charge in [0.25, 0.3) is 0 Å². The molecule has 2 unspecified atom stereocenters. The van der Waals surface area contributed by atoms with Gasteiger partial charge in [0, 0.05) is 13.5 Å². The summed E-state index contributed by atoms with van der Waals surface area (Å²) in [5, 5.41) is 3.64. The minimum absolute atomic E-state index is 0. The molecule has 2 N–H and O–H groups in total. The number of nitrogens with one attached hydrogen (secondary N) is 2. The highest BCUT2D eigenvalue weighted by Crippen LogP contribution is 2.14. The first-order valence-corrected chi connectivity index (χ1v) is 5.81. The summed E-state index contributed by atoms with van der Waals surface area (Å²) in [7, 11) is 0. The van der Waals surface area contributed by atoms with Crippen LogP contribution in [0.2, 0.25) is 0 Å². The first-order valence-electron chi connectivity index (χ1n) is 5.37.